The lowest BCUT2D eigenvalue weighted by atomic mass is 10.1. The molecular formula is C17H14F2N4O4S. The van der Waals surface area contributed by atoms with Crippen LogP contribution in [0.4, 0.5) is 14.5 Å². The number of hydrogen-bond acceptors (Lipinski definition) is 7. The number of pyridine rings is 1. The molecule has 0 unspecified atom stereocenters. The molecule has 2 aromatic heterocycles. The van der Waals surface area contributed by atoms with Crippen molar-refractivity contribution >= 4 is 15.7 Å². The van der Waals surface area contributed by atoms with Gasteiger partial charge in [-0.25, -0.2) is 8.42 Å². The Morgan fingerprint density at radius 1 is 1.21 bits per heavy atom. The highest BCUT2D eigenvalue weighted by molar-refractivity contribution is 7.92. The minimum atomic E-state index is -3.56. The SMILES string of the molecule is O=S1(=O)CCc2ccc(O)cc2N1Cc1ccc(-c2nnc(C(F)F)o2)cn1. The van der Waals surface area contributed by atoms with Gasteiger partial charge in [-0.1, -0.05) is 6.07 Å². The van der Waals surface area contributed by atoms with E-state index in [1.807, 2.05) is 0 Å². The second-order valence-electron chi connectivity index (χ2n) is 6.17. The maximum absolute atomic E-state index is 12.6. The largest absolute Gasteiger partial charge is 0.508 e. The molecule has 0 bridgehead atoms. The van der Waals surface area contributed by atoms with Crippen molar-refractivity contribution in [2.75, 3.05) is 10.1 Å². The highest BCUT2D eigenvalue weighted by Gasteiger charge is 2.30. The number of phenolic OH excluding ortho intramolecular Hbond substituents is 1. The van der Waals surface area contributed by atoms with E-state index in [0.717, 1.165) is 5.56 Å². The number of nitrogens with zero attached hydrogens (tertiary/aromatic N) is 4. The molecule has 0 fully saturated rings. The van der Waals surface area contributed by atoms with Crippen LogP contribution in [0.1, 0.15) is 23.6 Å². The zero-order valence-corrected chi connectivity index (χ0v) is 15.1. The molecule has 0 spiro atoms. The van der Waals surface area contributed by atoms with Gasteiger partial charge in [0.25, 0.3) is 5.89 Å². The van der Waals surface area contributed by atoms with E-state index in [1.54, 1.807) is 12.1 Å². The summed E-state index contributed by atoms with van der Waals surface area (Å²) in [4.78, 5) is 4.18. The lowest BCUT2D eigenvalue weighted by Gasteiger charge is -2.30. The van der Waals surface area contributed by atoms with Gasteiger partial charge >= 0.3 is 6.43 Å². The first kappa shape index (κ1) is 18.3. The summed E-state index contributed by atoms with van der Waals surface area (Å²) >= 11 is 0. The summed E-state index contributed by atoms with van der Waals surface area (Å²) < 4.78 is 56.2. The van der Waals surface area contributed by atoms with Gasteiger partial charge in [-0.2, -0.15) is 8.78 Å². The third-order valence-corrected chi connectivity index (χ3v) is 6.02. The van der Waals surface area contributed by atoms with Gasteiger partial charge in [0.1, 0.15) is 5.75 Å². The van der Waals surface area contributed by atoms with Crippen molar-refractivity contribution < 1.29 is 26.7 Å². The van der Waals surface area contributed by atoms with Crippen LogP contribution in [0, 0.1) is 0 Å². The fraction of sp³-hybridized carbons (Fsp3) is 0.235. The molecule has 8 nitrogen and oxygen atoms in total. The third kappa shape index (κ3) is 3.40. The van der Waals surface area contributed by atoms with Crippen molar-refractivity contribution in [1.82, 2.24) is 15.2 Å². The number of hydrogen-bond donors (Lipinski definition) is 1. The Balaban J connectivity index is 1.61. The van der Waals surface area contributed by atoms with E-state index in [9.17, 15) is 22.3 Å². The molecule has 11 heteroatoms. The van der Waals surface area contributed by atoms with Crippen LogP contribution < -0.4 is 4.31 Å². The molecule has 0 saturated carbocycles. The van der Waals surface area contributed by atoms with Gasteiger partial charge in [-0.05, 0) is 30.2 Å². The van der Waals surface area contributed by atoms with Crippen molar-refractivity contribution in [3.05, 3.63) is 53.7 Å². The first-order chi connectivity index (χ1) is 13.3. The average Bonchev–Trinajstić information content (AvgIpc) is 3.15. The molecule has 0 aliphatic carbocycles. The maximum atomic E-state index is 12.6. The average molecular weight is 408 g/mol. The minimum absolute atomic E-state index is 0.0321. The zero-order chi connectivity index (χ0) is 19.9. The maximum Gasteiger partial charge on any atom is 0.314 e. The van der Waals surface area contributed by atoms with Crippen molar-refractivity contribution in [2.45, 2.75) is 19.4 Å². The van der Waals surface area contributed by atoms with Gasteiger partial charge in [0.15, 0.2) is 0 Å². The smallest absolute Gasteiger partial charge is 0.314 e. The fourth-order valence-corrected chi connectivity index (χ4v) is 4.41. The molecule has 3 aromatic rings. The van der Waals surface area contributed by atoms with E-state index in [4.69, 9.17) is 4.42 Å². The first-order valence-electron chi connectivity index (χ1n) is 8.22. The van der Waals surface area contributed by atoms with Crippen molar-refractivity contribution in [1.29, 1.82) is 0 Å². The summed E-state index contributed by atoms with van der Waals surface area (Å²) in [5.41, 5.74) is 1.99. The summed E-state index contributed by atoms with van der Waals surface area (Å²) in [5.74, 6) is -0.957. The number of aryl methyl sites for hydroxylation is 1. The molecule has 28 heavy (non-hydrogen) atoms. The summed E-state index contributed by atoms with van der Waals surface area (Å²) in [6.45, 7) is -0.0365. The monoisotopic (exact) mass is 408 g/mol. The van der Waals surface area contributed by atoms with E-state index in [1.165, 1.54) is 28.7 Å². The molecule has 146 valence electrons. The number of phenols is 1. The molecule has 0 atom stereocenters. The fourth-order valence-electron chi connectivity index (χ4n) is 2.91. The van der Waals surface area contributed by atoms with Crippen LogP contribution in [0.3, 0.4) is 0 Å². The third-order valence-electron chi connectivity index (χ3n) is 4.31. The highest BCUT2D eigenvalue weighted by atomic mass is 32.2. The topological polar surface area (TPSA) is 109 Å². The molecule has 1 aliphatic rings. The number of anilines is 1. The molecule has 3 heterocycles. The van der Waals surface area contributed by atoms with Crippen molar-refractivity contribution in [3.8, 4) is 17.2 Å². The summed E-state index contributed by atoms with van der Waals surface area (Å²) in [5, 5.41) is 16.5. The van der Waals surface area contributed by atoms with Crippen LogP contribution in [0.2, 0.25) is 0 Å². The zero-order valence-electron chi connectivity index (χ0n) is 14.3. The molecule has 1 N–H and O–H groups in total. The Morgan fingerprint density at radius 2 is 2.04 bits per heavy atom. The minimum Gasteiger partial charge on any atom is -0.508 e. The van der Waals surface area contributed by atoms with Gasteiger partial charge < -0.3 is 9.52 Å². The van der Waals surface area contributed by atoms with Crippen LogP contribution in [0.15, 0.2) is 40.9 Å². The molecule has 0 saturated heterocycles. The molecule has 4 rings (SSSR count). The standard InChI is InChI=1S/C17H14F2N4O4S/c18-15(19)17-22-21-16(27-17)11-1-3-12(20-8-11)9-23-14-7-13(24)4-2-10(14)5-6-28(23,25)26/h1-4,7-8,15,24H,5-6,9H2. The van der Waals surface area contributed by atoms with Gasteiger partial charge in [0.2, 0.25) is 15.9 Å². The Morgan fingerprint density at radius 3 is 2.71 bits per heavy atom. The highest BCUT2D eigenvalue weighted by Crippen LogP contribution is 2.33. The number of fused-ring (bicyclic) bond motifs is 1. The first-order valence-corrected chi connectivity index (χ1v) is 9.83. The lowest BCUT2D eigenvalue weighted by molar-refractivity contribution is 0.116. The van der Waals surface area contributed by atoms with Gasteiger partial charge in [0, 0.05) is 12.3 Å². The van der Waals surface area contributed by atoms with Gasteiger partial charge in [-0.3, -0.25) is 9.29 Å². The van der Waals surface area contributed by atoms with Crippen LogP contribution in [-0.4, -0.2) is 34.5 Å². The van der Waals surface area contributed by atoms with E-state index < -0.39 is 22.3 Å². The Bertz CT molecular complexity index is 1120. The van der Waals surface area contributed by atoms with Crippen LogP contribution in [-0.2, 0) is 23.0 Å². The Kier molecular flexibility index (Phi) is 4.46. The number of aromatic hydroxyl groups is 1. The predicted molar refractivity (Wildman–Crippen MR) is 94.3 cm³/mol. The van der Waals surface area contributed by atoms with Crippen LogP contribution in [0.5, 0.6) is 5.75 Å². The second kappa shape index (κ2) is 6.82. The van der Waals surface area contributed by atoms with Crippen LogP contribution in [0.25, 0.3) is 11.5 Å². The molecule has 1 aromatic carbocycles. The van der Waals surface area contributed by atoms with Gasteiger partial charge in [0.05, 0.1) is 29.2 Å². The number of halogens is 2. The molecular weight excluding hydrogens is 394 g/mol. The van der Waals surface area contributed by atoms with Crippen LogP contribution >= 0.6 is 0 Å². The number of sulfonamides is 1. The molecule has 1 aliphatic heterocycles. The normalized spacial score (nSPS) is 15.6. The summed E-state index contributed by atoms with van der Waals surface area (Å²) in [6.07, 6.45) is -1.16. The lowest BCUT2D eigenvalue weighted by Crippen LogP contribution is -2.37. The number of benzene rings is 1. The molecule has 0 radical (unpaired) electrons. The summed E-state index contributed by atoms with van der Waals surface area (Å²) in [7, 11) is -3.56. The quantitative estimate of drug-likeness (QED) is 0.707. The van der Waals surface area contributed by atoms with E-state index in [0.29, 0.717) is 23.4 Å². The van der Waals surface area contributed by atoms with Crippen molar-refractivity contribution in [2.24, 2.45) is 0 Å². The molecule has 0 amide bonds. The van der Waals surface area contributed by atoms with Crippen molar-refractivity contribution in [3.63, 3.8) is 0 Å². The summed E-state index contributed by atoms with van der Waals surface area (Å²) in [6, 6.07) is 7.70. The van der Waals surface area contributed by atoms with Gasteiger partial charge in [-0.15, -0.1) is 10.2 Å². The van der Waals surface area contributed by atoms with E-state index in [-0.39, 0.29) is 23.9 Å². The number of aromatic nitrogens is 3. The Hall–Kier alpha value is -3.08. The van der Waals surface area contributed by atoms with E-state index >= 15 is 0 Å². The second-order valence-corrected chi connectivity index (χ2v) is 8.18. The predicted octanol–water partition coefficient (Wildman–Crippen LogP) is 2.67. The van der Waals surface area contributed by atoms with E-state index in [2.05, 4.69) is 15.2 Å². The number of alkyl halides is 2. The Labute approximate surface area is 158 Å². The number of rotatable bonds is 4.